The molecule has 0 spiro atoms. The van der Waals surface area contributed by atoms with Crippen LogP contribution in [0.25, 0.3) is 81.5 Å². The van der Waals surface area contributed by atoms with E-state index in [1.165, 1.54) is 76.0 Å². The Kier molecular flexibility index (Phi) is 5.10. The van der Waals surface area contributed by atoms with Gasteiger partial charge in [-0.3, -0.25) is 4.98 Å². The minimum atomic E-state index is 1.05. The predicted molar refractivity (Wildman–Crippen MR) is 180 cm³/mol. The number of pyridine rings is 1. The van der Waals surface area contributed by atoms with Gasteiger partial charge < -0.3 is 4.57 Å². The van der Waals surface area contributed by atoms with Crippen LogP contribution in [0.3, 0.4) is 0 Å². The van der Waals surface area contributed by atoms with Gasteiger partial charge in [0.1, 0.15) is 0 Å². The van der Waals surface area contributed by atoms with Crippen LogP contribution in [-0.2, 0) is 0 Å². The number of benzene rings is 6. The predicted octanol–water partition coefficient (Wildman–Crippen LogP) is 11.0. The molecule has 0 saturated carbocycles. The first-order chi connectivity index (χ1) is 20.9. The number of rotatable bonds is 3. The molecule has 3 heterocycles. The van der Waals surface area contributed by atoms with Crippen molar-refractivity contribution in [1.29, 1.82) is 0 Å². The van der Waals surface area contributed by atoms with Crippen molar-refractivity contribution in [2.75, 3.05) is 0 Å². The maximum Gasteiger partial charge on any atom is 0.0793 e. The van der Waals surface area contributed by atoms with Crippen LogP contribution < -0.4 is 0 Å². The summed E-state index contributed by atoms with van der Waals surface area (Å²) in [6.07, 6.45) is 1.92. The number of hydrogen-bond acceptors (Lipinski definition) is 2. The lowest BCUT2D eigenvalue weighted by molar-refractivity contribution is 1.18. The van der Waals surface area contributed by atoms with Crippen molar-refractivity contribution in [1.82, 2.24) is 9.55 Å². The van der Waals surface area contributed by atoms with Crippen LogP contribution in [0.2, 0.25) is 0 Å². The molecule has 0 aliphatic carbocycles. The van der Waals surface area contributed by atoms with Crippen LogP contribution in [0, 0.1) is 0 Å². The molecule has 3 heteroatoms. The highest BCUT2D eigenvalue weighted by Gasteiger charge is 2.21. The van der Waals surface area contributed by atoms with Gasteiger partial charge in [-0.15, -0.1) is 11.3 Å². The van der Waals surface area contributed by atoms with Gasteiger partial charge in [-0.25, -0.2) is 0 Å². The van der Waals surface area contributed by atoms with Crippen LogP contribution in [0.5, 0.6) is 0 Å². The Hall–Kier alpha value is -5.25. The van der Waals surface area contributed by atoms with Crippen molar-refractivity contribution in [2.24, 2.45) is 0 Å². The molecular weight excluding hydrogens is 529 g/mol. The van der Waals surface area contributed by atoms with Gasteiger partial charge in [0.15, 0.2) is 0 Å². The molecule has 0 unspecified atom stereocenters. The van der Waals surface area contributed by atoms with Crippen molar-refractivity contribution in [2.45, 2.75) is 0 Å². The quantitative estimate of drug-likeness (QED) is 0.199. The van der Waals surface area contributed by atoms with Crippen molar-refractivity contribution >= 4 is 65.6 Å². The Labute approximate surface area is 246 Å². The lowest BCUT2D eigenvalue weighted by Gasteiger charge is -2.18. The van der Waals surface area contributed by atoms with Gasteiger partial charge in [-0.05, 0) is 75.1 Å². The smallest absolute Gasteiger partial charge is 0.0793 e. The third kappa shape index (κ3) is 3.35. The van der Waals surface area contributed by atoms with Crippen molar-refractivity contribution in [3.05, 3.63) is 145 Å². The summed E-state index contributed by atoms with van der Waals surface area (Å²) < 4.78 is 2.38. The van der Waals surface area contributed by atoms with Crippen molar-refractivity contribution in [3.8, 4) is 27.3 Å². The molecule has 0 N–H and O–H groups in total. The van der Waals surface area contributed by atoms with Gasteiger partial charge >= 0.3 is 0 Å². The third-order valence-corrected chi connectivity index (χ3v) is 9.39. The number of aromatic nitrogens is 2. The first-order valence-electron chi connectivity index (χ1n) is 14.2. The molecule has 0 fully saturated rings. The largest absolute Gasteiger partial charge is 0.309 e. The van der Waals surface area contributed by atoms with E-state index in [1.54, 1.807) is 11.3 Å². The number of hydrogen-bond donors (Lipinski definition) is 0. The van der Waals surface area contributed by atoms with E-state index in [9.17, 15) is 0 Å². The van der Waals surface area contributed by atoms with E-state index in [0.29, 0.717) is 0 Å². The van der Waals surface area contributed by atoms with E-state index in [4.69, 9.17) is 4.98 Å². The van der Waals surface area contributed by atoms with Gasteiger partial charge in [0.05, 0.1) is 16.6 Å². The number of nitrogens with zero attached hydrogens (tertiary/aromatic N) is 2. The lowest BCUT2D eigenvalue weighted by Crippen LogP contribution is -1.94. The molecule has 0 amide bonds. The van der Waals surface area contributed by atoms with E-state index in [1.807, 2.05) is 6.20 Å². The van der Waals surface area contributed by atoms with E-state index in [0.717, 1.165) is 5.52 Å². The second-order valence-electron chi connectivity index (χ2n) is 10.8. The highest BCUT2D eigenvalue weighted by atomic mass is 32.1. The number of para-hydroxylation sites is 2. The van der Waals surface area contributed by atoms with E-state index >= 15 is 0 Å². The van der Waals surface area contributed by atoms with Crippen molar-refractivity contribution in [3.63, 3.8) is 0 Å². The van der Waals surface area contributed by atoms with Gasteiger partial charge in [0.2, 0.25) is 0 Å². The summed E-state index contributed by atoms with van der Waals surface area (Å²) in [6.45, 7) is 0. The summed E-state index contributed by atoms with van der Waals surface area (Å²) in [5.41, 5.74) is 8.38. The minimum absolute atomic E-state index is 1.05. The van der Waals surface area contributed by atoms with E-state index in [-0.39, 0.29) is 0 Å². The molecule has 42 heavy (non-hydrogen) atoms. The Morgan fingerprint density at radius 2 is 1.31 bits per heavy atom. The summed E-state index contributed by atoms with van der Waals surface area (Å²) >= 11 is 1.79. The molecule has 9 rings (SSSR count). The fraction of sp³-hybridized carbons (Fsp3) is 0. The topological polar surface area (TPSA) is 17.8 Å². The van der Waals surface area contributed by atoms with Gasteiger partial charge in [-0.2, -0.15) is 0 Å². The monoisotopic (exact) mass is 552 g/mol. The second-order valence-corrected chi connectivity index (χ2v) is 11.7. The van der Waals surface area contributed by atoms with Gasteiger partial charge in [0, 0.05) is 43.9 Å². The highest BCUT2D eigenvalue weighted by molar-refractivity contribution is 7.13. The standard InChI is InChI=1S/C39H24N2S/c1-2-11-27(12-3-1)41-33-16-7-6-14-29(33)32-24-26(19-21-34(32)41)36-30-20-18-25-10-4-5-13-28(25)37(30)39-31(15-8-22-40-39)38(36)35-17-9-23-42-35/h1-24H. The van der Waals surface area contributed by atoms with E-state index < -0.39 is 0 Å². The SMILES string of the molecule is c1ccc(-n2c3ccccc3c3cc(-c4c(-c5cccs5)c5cccnc5c5c4ccc4ccccc45)ccc32)cc1. The zero-order valence-corrected chi connectivity index (χ0v) is 23.5. The normalized spacial score (nSPS) is 11.8. The number of fused-ring (bicyclic) bond motifs is 8. The second kappa shape index (κ2) is 9.13. The van der Waals surface area contributed by atoms with Crippen LogP contribution in [0.15, 0.2) is 145 Å². The molecule has 9 aromatic rings. The number of thiophene rings is 1. The van der Waals surface area contributed by atoms with Crippen LogP contribution in [0.1, 0.15) is 0 Å². The lowest BCUT2D eigenvalue weighted by atomic mass is 9.86. The Morgan fingerprint density at radius 1 is 0.524 bits per heavy atom. The molecule has 0 saturated heterocycles. The van der Waals surface area contributed by atoms with Crippen LogP contribution >= 0.6 is 11.3 Å². The van der Waals surface area contributed by atoms with Crippen LogP contribution in [0.4, 0.5) is 0 Å². The molecule has 0 aliphatic heterocycles. The van der Waals surface area contributed by atoms with E-state index in [2.05, 4.69) is 143 Å². The van der Waals surface area contributed by atoms with Crippen molar-refractivity contribution < 1.29 is 0 Å². The molecule has 0 bridgehead atoms. The maximum atomic E-state index is 4.99. The molecule has 0 atom stereocenters. The first kappa shape index (κ1) is 23.5. The van der Waals surface area contributed by atoms with Crippen LogP contribution in [-0.4, -0.2) is 9.55 Å². The Morgan fingerprint density at radius 3 is 2.19 bits per heavy atom. The summed E-state index contributed by atoms with van der Waals surface area (Å²) in [5.74, 6) is 0. The summed E-state index contributed by atoms with van der Waals surface area (Å²) in [7, 11) is 0. The van der Waals surface area contributed by atoms with Gasteiger partial charge in [0.25, 0.3) is 0 Å². The molecular formula is C39H24N2S. The molecule has 3 aromatic heterocycles. The first-order valence-corrected chi connectivity index (χ1v) is 15.1. The molecule has 0 aliphatic rings. The summed E-state index contributed by atoms with van der Waals surface area (Å²) in [4.78, 5) is 6.25. The fourth-order valence-electron chi connectivity index (χ4n) is 6.77. The summed E-state index contributed by atoms with van der Waals surface area (Å²) in [5, 5.41) is 10.8. The molecule has 196 valence electrons. The average molecular weight is 553 g/mol. The Bertz CT molecular complexity index is 2450. The molecule has 0 radical (unpaired) electrons. The molecule has 6 aromatic carbocycles. The fourth-order valence-corrected chi connectivity index (χ4v) is 7.56. The summed E-state index contributed by atoms with van der Waals surface area (Å²) in [6, 6.07) is 48.3. The van der Waals surface area contributed by atoms with Gasteiger partial charge in [-0.1, -0.05) is 91.0 Å². The zero-order valence-electron chi connectivity index (χ0n) is 22.7. The maximum absolute atomic E-state index is 4.99. The Balaban J connectivity index is 1.46. The average Bonchev–Trinajstić information content (AvgIpc) is 3.71. The highest BCUT2D eigenvalue weighted by Crippen LogP contribution is 2.48. The minimum Gasteiger partial charge on any atom is -0.309 e. The molecule has 2 nitrogen and oxygen atoms in total. The third-order valence-electron chi connectivity index (χ3n) is 8.51. The zero-order chi connectivity index (χ0) is 27.6.